The van der Waals surface area contributed by atoms with Crippen molar-refractivity contribution in [3.05, 3.63) is 47.2 Å². The lowest BCUT2D eigenvalue weighted by molar-refractivity contribution is -0.206. The van der Waals surface area contributed by atoms with Crippen LogP contribution in [0.5, 0.6) is 0 Å². The van der Waals surface area contributed by atoms with Crippen LogP contribution in [0, 0.1) is 0 Å². The van der Waals surface area contributed by atoms with Gasteiger partial charge < -0.3 is 5.11 Å². The number of aliphatic hydroxyl groups is 1. The molecule has 0 amide bonds. The van der Waals surface area contributed by atoms with Gasteiger partial charge >= 0.3 is 6.18 Å². The molecular formula is C12H8ClF3N2O. The zero-order chi connectivity index (χ0) is 14.0. The first-order valence-electron chi connectivity index (χ1n) is 5.20. The Bertz CT molecular complexity index is 555. The highest BCUT2D eigenvalue weighted by Crippen LogP contribution is 2.32. The minimum Gasteiger partial charge on any atom is -0.379 e. The van der Waals surface area contributed by atoms with Crippen molar-refractivity contribution in [3.63, 3.8) is 0 Å². The van der Waals surface area contributed by atoms with E-state index in [-0.39, 0.29) is 5.82 Å². The standard InChI is InChI=1S/C12H8ClF3N2O/c13-9-3-1-7(2-4-9)11-17-5-8(6-18-11)10(19)12(14,15)16/h1-6,10,19H. The lowest BCUT2D eigenvalue weighted by Crippen LogP contribution is -2.20. The van der Waals surface area contributed by atoms with Crippen LogP contribution < -0.4 is 0 Å². The third-order valence-corrected chi connectivity index (χ3v) is 2.65. The molecule has 0 radical (unpaired) electrons. The van der Waals surface area contributed by atoms with E-state index in [0.717, 1.165) is 12.4 Å². The SMILES string of the molecule is OC(c1cnc(-c2ccc(Cl)cc2)nc1)C(F)(F)F. The molecular weight excluding hydrogens is 281 g/mol. The normalized spacial score (nSPS) is 13.3. The molecule has 19 heavy (non-hydrogen) atoms. The molecule has 1 unspecified atom stereocenters. The van der Waals surface area contributed by atoms with Crippen molar-refractivity contribution in [2.75, 3.05) is 0 Å². The molecule has 1 atom stereocenters. The van der Waals surface area contributed by atoms with Gasteiger partial charge in [-0.1, -0.05) is 11.6 Å². The van der Waals surface area contributed by atoms with Crippen LogP contribution in [0.4, 0.5) is 13.2 Å². The lowest BCUT2D eigenvalue weighted by Gasteiger charge is -2.14. The third-order valence-electron chi connectivity index (χ3n) is 2.40. The van der Waals surface area contributed by atoms with Gasteiger partial charge in [-0.2, -0.15) is 13.2 Å². The summed E-state index contributed by atoms with van der Waals surface area (Å²) in [6, 6.07) is 6.55. The molecule has 0 aliphatic carbocycles. The quantitative estimate of drug-likeness (QED) is 0.921. The first-order chi connectivity index (χ1) is 8.88. The van der Waals surface area contributed by atoms with E-state index in [4.69, 9.17) is 16.7 Å². The predicted molar refractivity (Wildman–Crippen MR) is 63.5 cm³/mol. The summed E-state index contributed by atoms with van der Waals surface area (Å²) in [5, 5.41) is 9.57. The Balaban J connectivity index is 2.26. The van der Waals surface area contributed by atoms with Crippen molar-refractivity contribution in [2.45, 2.75) is 12.3 Å². The van der Waals surface area contributed by atoms with Gasteiger partial charge in [-0.15, -0.1) is 0 Å². The lowest BCUT2D eigenvalue weighted by atomic mass is 10.1. The number of benzene rings is 1. The van der Waals surface area contributed by atoms with E-state index < -0.39 is 17.8 Å². The molecule has 0 spiro atoms. The summed E-state index contributed by atoms with van der Waals surface area (Å²) in [4.78, 5) is 7.60. The molecule has 2 rings (SSSR count). The third kappa shape index (κ3) is 3.21. The van der Waals surface area contributed by atoms with E-state index in [1.807, 2.05) is 0 Å². The van der Waals surface area contributed by atoms with E-state index in [2.05, 4.69) is 9.97 Å². The summed E-state index contributed by atoms with van der Waals surface area (Å²) in [5.41, 5.74) is 0.225. The van der Waals surface area contributed by atoms with E-state index in [1.54, 1.807) is 24.3 Å². The fourth-order valence-corrected chi connectivity index (χ4v) is 1.54. The summed E-state index contributed by atoms with van der Waals surface area (Å²) >= 11 is 5.72. The average Bonchev–Trinajstić information content (AvgIpc) is 2.38. The monoisotopic (exact) mass is 288 g/mol. The molecule has 7 heteroatoms. The van der Waals surface area contributed by atoms with E-state index in [9.17, 15) is 13.2 Å². The van der Waals surface area contributed by atoms with Gasteiger partial charge in [0.2, 0.25) is 0 Å². The molecule has 0 aliphatic rings. The van der Waals surface area contributed by atoms with E-state index >= 15 is 0 Å². The van der Waals surface area contributed by atoms with Gasteiger partial charge in [-0.05, 0) is 24.3 Å². The molecule has 100 valence electrons. The second-order valence-corrected chi connectivity index (χ2v) is 4.23. The summed E-state index contributed by atoms with van der Waals surface area (Å²) in [6.07, 6.45) is -5.40. The molecule has 1 heterocycles. The van der Waals surface area contributed by atoms with Crippen LogP contribution in [-0.2, 0) is 0 Å². The van der Waals surface area contributed by atoms with Gasteiger partial charge in [0.1, 0.15) is 0 Å². The first kappa shape index (κ1) is 13.8. The van der Waals surface area contributed by atoms with Gasteiger partial charge in [0, 0.05) is 28.5 Å². The first-order valence-corrected chi connectivity index (χ1v) is 5.58. The van der Waals surface area contributed by atoms with Crippen LogP contribution in [0.1, 0.15) is 11.7 Å². The van der Waals surface area contributed by atoms with E-state index in [1.165, 1.54) is 0 Å². The van der Waals surface area contributed by atoms with Crippen LogP contribution in [0.3, 0.4) is 0 Å². The Morgan fingerprint density at radius 2 is 1.58 bits per heavy atom. The summed E-state index contributed by atoms with van der Waals surface area (Å²) in [7, 11) is 0. The molecule has 1 aromatic carbocycles. The second kappa shape index (κ2) is 5.14. The maximum Gasteiger partial charge on any atom is 0.418 e. The number of hydrogen-bond donors (Lipinski definition) is 1. The molecule has 1 N–H and O–H groups in total. The second-order valence-electron chi connectivity index (χ2n) is 3.79. The largest absolute Gasteiger partial charge is 0.418 e. The maximum absolute atomic E-state index is 12.3. The maximum atomic E-state index is 12.3. The Morgan fingerprint density at radius 1 is 1.05 bits per heavy atom. The fourth-order valence-electron chi connectivity index (χ4n) is 1.42. The van der Waals surface area contributed by atoms with E-state index in [0.29, 0.717) is 10.6 Å². The summed E-state index contributed by atoms with van der Waals surface area (Å²) in [6.45, 7) is 0. The average molecular weight is 289 g/mol. The molecule has 0 saturated heterocycles. The van der Waals surface area contributed by atoms with Crippen LogP contribution in [0.15, 0.2) is 36.7 Å². The van der Waals surface area contributed by atoms with Crippen molar-refractivity contribution in [1.82, 2.24) is 9.97 Å². The van der Waals surface area contributed by atoms with Gasteiger partial charge in [-0.3, -0.25) is 0 Å². The van der Waals surface area contributed by atoms with Crippen LogP contribution >= 0.6 is 11.6 Å². The topological polar surface area (TPSA) is 46.0 Å². The smallest absolute Gasteiger partial charge is 0.379 e. The number of aliphatic hydroxyl groups excluding tert-OH is 1. The highest BCUT2D eigenvalue weighted by atomic mass is 35.5. The zero-order valence-electron chi connectivity index (χ0n) is 9.39. The highest BCUT2D eigenvalue weighted by Gasteiger charge is 2.39. The molecule has 0 aliphatic heterocycles. The van der Waals surface area contributed by atoms with Crippen molar-refractivity contribution in [3.8, 4) is 11.4 Å². The summed E-state index contributed by atoms with van der Waals surface area (Å²) < 4.78 is 36.8. The molecule has 0 saturated carbocycles. The van der Waals surface area contributed by atoms with Crippen molar-refractivity contribution >= 4 is 11.6 Å². The van der Waals surface area contributed by atoms with Gasteiger partial charge in [0.25, 0.3) is 0 Å². The predicted octanol–water partition coefficient (Wildman–Crippen LogP) is 3.39. The molecule has 1 aromatic heterocycles. The van der Waals surface area contributed by atoms with Crippen LogP contribution in [-0.4, -0.2) is 21.3 Å². The number of rotatable bonds is 2. The van der Waals surface area contributed by atoms with Crippen molar-refractivity contribution in [2.24, 2.45) is 0 Å². The molecule has 0 fully saturated rings. The highest BCUT2D eigenvalue weighted by molar-refractivity contribution is 6.30. The van der Waals surface area contributed by atoms with Gasteiger partial charge in [-0.25, -0.2) is 9.97 Å². The van der Waals surface area contributed by atoms with Crippen LogP contribution in [0.2, 0.25) is 5.02 Å². The Morgan fingerprint density at radius 3 is 2.05 bits per heavy atom. The minimum absolute atomic E-state index is 0.259. The number of hydrogen-bond acceptors (Lipinski definition) is 3. The summed E-state index contributed by atoms with van der Waals surface area (Å²) in [5.74, 6) is 0.259. The van der Waals surface area contributed by atoms with Gasteiger partial charge in [0.05, 0.1) is 0 Å². The Kier molecular flexibility index (Phi) is 3.73. The van der Waals surface area contributed by atoms with Gasteiger partial charge in [0.15, 0.2) is 11.9 Å². The van der Waals surface area contributed by atoms with Crippen molar-refractivity contribution < 1.29 is 18.3 Å². The molecule has 2 aromatic rings. The molecule has 3 nitrogen and oxygen atoms in total. The number of alkyl halides is 3. The minimum atomic E-state index is -4.73. The number of nitrogens with zero attached hydrogens (tertiary/aromatic N) is 2. The van der Waals surface area contributed by atoms with Crippen molar-refractivity contribution in [1.29, 1.82) is 0 Å². The van der Waals surface area contributed by atoms with Crippen LogP contribution in [0.25, 0.3) is 11.4 Å². The fraction of sp³-hybridized carbons (Fsp3) is 0.167. The Hall–Kier alpha value is -1.66. The number of halogens is 4. The number of aromatic nitrogens is 2. The Labute approximate surface area is 111 Å². The molecule has 0 bridgehead atoms. The zero-order valence-corrected chi connectivity index (χ0v) is 10.2.